The summed E-state index contributed by atoms with van der Waals surface area (Å²) in [6.07, 6.45) is 0.632. The summed E-state index contributed by atoms with van der Waals surface area (Å²) in [5.41, 5.74) is 2.52. The number of aryl methyl sites for hydroxylation is 3. The Morgan fingerprint density at radius 3 is 2.45 bits per heavy atom. The van der Waals surface area contributed by atoms with Crippen molar-refractivity contribution >= 4 is 32.7 Å². The third-order valence-electron chi connectivity index (χ3n) is 4.74. The van der Waals surface area contributed by atoms with E-state index in [-0.39, 0.29) is 4.90 Å². The molecule has 7 nitrogen and oxygen atoms in total. The lowest BCUT2D eigenvalue weighted by atomic mass is 10.1. The van der Waals surface area contributed by atoms with Crippen molar-refractivity contribution in [2.75, 3.05) is 22.7 Å². The lowest BCUT2D eigenvalue weighted by Gasteiger charge is -2.22. The van der Waals surface area contributed by atoms with Crippen LogP contribution in [0.4, 0.5) is 11.4 Å². The van der Waals surface area contributed by atoms with Crippen LogP contribution in [-0.4, -0.2) is 31.6 Å². The highest BCUT2D eigenvalue weighted by Crippen LogP contribution is 2.33. The number of benzene rings is 1. The predicted molar refractivity (Wildman–Crippen MR) is 117 cm³/mol. The number of sulfonamides is 1. The van der Waals surface area contributed by atoms with Crippen molar-refractivity contribution in [3.05, 3.63) is 40.6 Å². The van der Waals surface area contributed by atoms with E-state index in [1.165, 1.54) is 11.3 Å². The minimum Gasteiger partial charge on any atom is -0.372 e. The molecule has 0 aliphatic carbocycles. The Morgan fingerprint density at radius 1 is 1.14 bits per heavy atom. The Bertz CT molecular complexity index is 1100. The van der Waals surface area contributed by atoms with E-state index in [0.29, 0.717) is 33.6 Å². The van der Waals surface area contributed by atoms with E-state index >= 15 is 0 Å². The van der Waals surface area contributed by atoms with Gasteiger partial charge in [0.15, 0.2) is 0 Å². The summed E-state index contributed by atoms with van der Waals surface area (Å²) in [4.78, 5) is 8.08. The van der Waals surface area contributed by atoms with Gasteiger partial charge in [-0.2, -0.15) is 4.98 Å². The Hall–Kier alpha value is -2.39. The van der Waals surface area contributed by atoms with E-state index in [0.717, 1.165) is 24.3 Å². The number of thiophene rings is 1. The molecule has 0 aliphatic heterocycles. The van der Waals surface area contributed by atoms with Crippen LogP contribution in [0.2, 0.25) is 0 Å². The Kier molecular flexibility index (Phi) is 6.28. The molecule has 3 rings (SSSR count). The van der Waals surface area contributed by atoms with Crippen molar-refractivity contribution in [3.8, 4) is 10.7 Å². The van der Waals surface area contributed by atoms with Gasteiger partial charge >= 0.3 is 0 Å². The lowest BCUT2D eigenvalue weighted by molar-refractivity contribution is 0.383. The molecule has 9 heteroatoms. The zero-order chi connectivity index (χ0) is 21.2. The molecule has 29 heavy (non-hydrogen) atoms. The molecule has 0 atom stereocenters. The fourth-order valence-electron chi connectivity index (χ4n) is 3.09. The second-order valence-corrected chi connectivity index (χ2v) is 9.58. The van der Waals surface area contributed by atoms with Gasteiger partial charge in [0.25, 0.3) is 10.0 Å². The van der Waals surface area contributed by atoms with Gasteiger partial charge in [-0.1, -0.05) is 12.1 Å². The van der Waals surface area contributed by atoms with Crippen molar-refractivity contribution in [1.29, 1.82) is 0 Å². The number of aromatic nitrogens is 2. The first kappa shape index (κ1) is 21.3. The van der Waals surface area contributed by atoms with Crippen molar-refractivity contribution < 1.29 is 12.9 Å². The van der Waals surface area contributed by atoms with Crippen LogP contribution in [-0.2, 0) is 16.4 Å². The van der Waals surface area contributed by atoms with Crippen molar-refractivity contribution in [3.63, 3.8) is 0 Å². The van der Waals surface area contributed by atoms with Gasteiger partial charge in [0.05, 0.1) is 10.6 Å². The molecule has 0 saturated heterocycles. The van der Waals surface area contributed by atoms with Crippen molar-refractivity contribution in [1.82, 2.24) is 10.1 Å². The van der Waals surface area contributed by atoms with Crippen molar-refractivity contribution in [2.45, 2.75) is 45.9 Å². The maximum atomic E-state index is 13.0. The van der Waals surface area contributed by atoms with Crippen LogP contribution in [0.1, 0.15) is 37.1 Å². The molecular formula is C20H26N4O3S2. The molecule has 1 N–H and O–H groups in total. The monoisotopic (exact) mass is 434 g/mol. The Labute approximate surface area is 175 Å². The smallest absolute Gasteiger partial charge is 0.263 e. The van der Waals surface area contributed by atoms with E-state index in [9.17, 15) is 8.42 Å². The van der Waals surface area contributed by atoms with Gasteiger partial charge in [0.2, 0.25) is 11.7 Å². The highest BCUT2D eigenvalue weighted by molar-refractivity contribution is 7.93. The molecular weight excluding hydrogens is 408 g/mol. The Morgan fingerprint density at radius 2 is 1.86 bits per heavy atom. The lowest BCUT2D eigenvalue weighted by Crippen LogP contribution is -2.22. The maximum absolute atomic E-state index is 13.0. The summed E-state index contributed by atoms with van der Waals surface area (Å²) in [5.74, 6) is 0.939. The molecule has 0 bridgehead atoms. The molecule has 1 aromatic carbocycles. The summed E-state index contributed by atoms with van der Waals surface area (Å²) in [5, 5.41) is 3.94. The summed E-state index contributed by atoms with van der Waals surface area (Å²) >= 11 is 1.33. The second-order valence-electron chi connectivity index (χ2n) is 6.67. The average molecular weight is 435 g/mol. The molecule has 0 fully saturated rings. The summed E-state index contributed by atoms with van der Waals surface area (Å²) < 4.78 is 33.9. The summed E-state index contributed by atoms with van der Waals surface area (Å²) in [6.45, 7) is 11.6. The first-order chi connectivity index (χ1) is 13.8. The molecule has 0 radical (unpaired) electrons. The van der Waals surface area contributed by atoms with Crippen LogP contribution in [0.15, 0.2) is 33.7 Å². The van der Waals surface area contributed by atoms with Crippen LogP contribution in [0.25, 0.3) is 10.7 Å². The molecule has 0 aliphatic rings. The number of rotatable bonds is 8. The predicted octanol–water partition coefficient (Wildman–Crippen LogP) is 4.62. The molecule has 0 spiro atoms. The Balaban J connectivity index is 1.88. The van der Waals surface area contributed by atoms with Crippen LogP contribution in [0.5, 0.6) is 0 Å². The van der Waals surface area contributed by atoms with Gasteiger partial charge in [-0.3, -0.25) is 4.72 Å². The van der Waals surface area contributed by atoms with E-state index in [1.807, 2.05) is 32.0 Å². The van der Waals surface area contributed by atoms with Crippen LogP contribution >= 0.6 is 11.3 Å². The van der Waals surface area contributed by atoms with Crippen LogP contribution in [0.3, 0.4) is 0 Å². The first-order valence-electron chi connectivity index (χ1n) is 9.60. The second kappa shape index (κ2) is 8.54. The number of hydrogen-bond acceptors (Lipinski definition) is 7. The molecule has 0 amide bonds. The fraction of sp³-hybridized carbons (Fsp3) is 0.400. The van der Waals surface area contributed by atoms with E-state index in [1.54, 1.807) is 13.0 Å². The van der Waals surface area contributed by atoms with Gasteiger partial charge in [-0.25, -0.2) is 8.42 Å². The van der Waals surface area contributed by atoms with Gasteiger partial charge in [-0.15, -0.1) is 11.3 Å². The van der Waals surface area contributed by atoms with Gasteiger partial charge < -0.3 is 9.42 Å². The summed E-state index contributed by atoms with van der Waals surface area (Å²) in [7, 11) is -3.74. The van der Waals surface area contributed by atoms with E-state index < -0.39 is 10.0 Å². The molecule has 2 heterocycles. The average Bonchev–Trinajstić information content (AvgIpc) is 3.31. The molecule has 3 aromatic rings. The highest BCUT2D eigenvalue weighted by atomic mass is 32.2. The van der Waals surface area contributed by atoms with Crippen LogP contribution < -0.4 is 9.62 Å². The standard InChI is InChI=1S/C20H26N4O3S2/c1-6-19-21-20(22-27-19)17-12-18(14(5)28-17)29(25,26)23-16-10-9-15(11-13(16)4)24(7-2)8-3/h9-12,23H,6-8H2,1-5H3. The summed E-state index contributed by atoms with van der Waals surface area (Å²) in [6, 6.07) is 7.36. The van der Waals surface area contributed by atoms with E-state index in [4.69, 9.17) is 4.52 Å². The van der Waals surface area contributed by atoms with Gasteiger partial charge in [0, 0.05) is 30.1 Å². The third-order valence-corrected chi connectivity index (χ3v) is 7.40. The van der Waals surface area contributed by atoms with E-state index in [2.05, 4.69) is 33.6 Å². The number of anilines is 2. The first-order valence-corrected chi connectivity index (χ1v) is 11.9. The molecule has 2 aromatic heterocycles. The maximum Gasteiger partial charge on any atom is 0.263 e. The van der Waals surface area contributed by atoms with Gasteiger partial charge in [0.1, 0.15) is 4.90 Å². The highest BCUT2D eigenvalue weighted by Gasteiger charge is 2.23. The normalized spacial score (nSPS) is 11.6. The zero-order valence-corrected chi connectivity index (χ0v) is 18.9. The molecule has 0 unspecified atom stereocenters. The molecule has 0 saturated carbocycles. The number of hydrogen-bond donors (Lipinski definition) is 1. The largest absolute Gasteiger partial charge is 0.372 e. The third kappa shape index (κ3) is 4.45. The van der Waals surface area contributed by atoms with Crippen LogP contribution in [0, 0.1) is 13.8 Å². The van der Waals surface area contributed by atoms with Crippen molar-refractivity contribution in [2.24, 2.45) is 0 Å². The topological polar surface area (TPSA) is 88.3 Å². The minimum absolute atomic E-state index is 0.229. The number of nitrogens with one attached hydrogen (secondary N) is 1. The molecule has 156 valence electrons. The fourth-order valence-corrected chi connectivity index (χ4v) is 5.74. The SMILES string of the molecule is CCc1nc(-c2cc(S(=O)(=O)Nc3ccc(N(CC)CC)cc3C)c(C)s2)no1. The zero-order valence-electron chi connectivity index (χ0n) is 17.3. The minimum atomic E-state index is -3.74. The number of nitrogens with zero attached hydrogens (tertiary/aromatic N) is 3. The van der Waals surface area contributed by atoms with Gasteiger partial charge in [-0.05, 0) is 57.5 Å². The quantitative estimate of drug-likeness (QED) is 0.556.